The van der Waals surface area contributed by atoms with Crippen molar-refractivity contribution in [3.8, 4) is 11.3 Å². The van der Waals surface area contributed by atoms with Gasteiger partial charge in [-0.25, -0.2) is 9.78 Å². The van der Waals surface area contributed by atoms with Crippen molar-refractivity contribution in [3.63, 3.8) is 0 Å². The van der Waals surface area contributed by atoms with Gasteiger partial charge in [-0.3, -0.25) is 18.9 Å². The third-order valence-electron chi connectivity index (χ3n) is 4.74. The van der Waals surface area contributed by atoms with Crippen LogP contribution in [0.25, 0.3) is 22.4 Å². The van der Waals surface area contributed by atoms with E-state index in [0.717, 1.165) is 22.3 Å². The van der Waals surface area contributed by atoms with Gasteiger partial charge in [-0.2, -0.15) is 0 Å². The van der Waals surface area contributed by atoms with Gasteiger partial charge in [0.15, 0.2) is 5.65 Å². The number of rotatable bonds is 5. The molecule has 0 saturated carbocycles. The molecular formula is C24H32N4O3. The number of carbonyl (C=O) groups is 1. The minimum absolute atomic E-state index is 0.0246. The maximum Gasteiger partial charge on any atom is 0.330 e. The number of hydrogen-bond donors (Lipinski definition) is 0. The van der Waals surface area contributed by atoms with Gasteiger partial charge in [-0.15, -0.1) is 0 Å². The molecule has 0 radical (unpaired) electrons. The molecule has 0 fully saturated rings. The van der Waals surface area contributed by atoms with E-state index < -0.39 is 5.60 Å². The second kappa shape index (κ2) is 8.29. The Morgan fingerprint density at radius 1 is 1.10 bits per heavy atom. The summed E-state index contributed by atoms with van der Waals surface area (Å²) in [4.78, 5) is 33.8. The van der Waals surface area contributed by atoms with Crippen LogP contribution in [-0.4, -0.2) is 30.7 Å². The summed E-state index contributed by atoms with van der Waals surface area (Å²) in [6.07, 6.45) is 4.33. The van der Waals surface area contributed by atoms with E-state index in [1.165, 1.54) is 0 Å². The Bertz CT molecular complexity index is 1160. The highest BCUT2D eigenvalue weighted by molar-refractivity contribution is 5.76. The van der Waals surface area contributed by atoms with Crippen LogP contribution in [0.3, 0.4) is 0 Å². The number of aryl methyl sites for hydroxylation is 2. The number of imidazole rings is 1. The van der Waals surface area contributed by atoms with Crippen LogP contribution in [0.2, 0.25) is 0 Å². The Morgan fingerprint density at radius 3 is 2.45 bits per heavy atom. The van der Waals surface area contributed by atoms with E-state index in [4.69, 9.17) is 9.72 Å². The molecule has 0 aliphatic heterocycles. The van der Waals surface area contributed by atoms with Crippen molar-refractivity contribution in [1.29, 1.82) is 0 Å². The van der Waals surface area contributed by atoms with Crippen LogP contribution >= 0.6 is 0 Å². The molecule has 0 aliphatic carbocycles. The number of hydrogen-bond acceptors (Lipinski definition) is 5. The number of nitrogens with zero attached hydrogens (tertiary/aromatic N) is 4. The number of pyridine rings is 2. The third kappa shape index (κ3) is 5.60. The largest absolute Gasteiger partial charge is 0.460 e. The van der Waals surface area contributed by atoms with Crippen LogP contribution in [0.1, 0.15) is 53.5 Å². The van der Waals surface area contributed by atoms with Crippen molar-refractivity contribution >= 4 is 17.1 Å². The van der Waals surface area contributed by atoms with Crippen molar-refractivity contribution < 1.29 is 9.53 Å². The maximum atomic E-state index is 12.7. The van der Waals surface area contributed by atoms with Crippen molar-refractivity contribution in [1.82, 2.24) is 19.1 Å². The Kier molecular flexibility index (Phi) is 6.07. The molecule has 7 heteroatoms. The first-order valence-electron chi connectivity index (χ1n) is 10.6. The molecule has 0 bridgehead atoms. The van der Waals surface area contributed by atoms with Gasteiger partial charge < -0.3 is 4.74 Å². The van der Waals surface area contributed by atoms with Gasteiger partial charge in [0.05, 0.1) is 11.2 Å². The lowest BCUT2D eigenvalue weighted by atomic mass is 9.97. The van der Waals surface area contributed by atoms with Crippen LogP contribution < -0.4 is 5.69 Å². The molecular weight excluding hydrogens is 392 g/mol. The molecule has 7 nitrogen and oxygen atoms in total. The molecule has 0 aliphatic rings. The van der Waals surface area contributed by atoms with Gasteiger partial charge in [0.2, 0.25) is 0 Å². The molecule has 166 valence electrons. The maximum absolute atomic E-state index is 12.7. The standard InChI is InChI=1S/C24H32N4O3/c1-23(2,3)15-28-19-10-9-18(26-21(19)27(7)22(28)30)17-12-16(13-25-14-17)8-11-20(29)31-24(4,5)6/h9-10,12-14H,8,11,15H2,1-7H3. The average Bonchev–Trinajstić information content (AvgIpc) is 2.88. The van der Waals surface area contributed by atoms with Crippen LogP contribution in [0.4, 0.5) is 0 Å². The Morgan fingerprint density at radius 2 is 1.81 bits per heavy atom. The van der Waals surface area contributed by atoms with Gasteiger partial charge in [0, 0.05) is 38.0 Å². The molecule has 31 heavy (non-hydrogen) atoms. The molecule has 0 unspecified atom stereocenters. The third-order valence-corrected chi connectivity index (χ3v) is 4.74. The van der Waals surface area contributed by atoms with Crippen LogP contribution in [0, 0.1) is 5.41 Å². The zero-order valence-corrected chi connectivity index (χ0v) is 19.5. The molecule has 3 aromatic rings. The summed E-state index contributed by atoms with van der Waals surface area (Å²) in [5.74, 6) is -0.229. The average molecular weight is 425 g/mol. The molecule has 0 saturated heterocycles. The summed E-state index contributed by atoms with van der Waals surface area (Å²) in [6.45, 7) is 12.5. The Balaban J connectivity index is 1.87. The summed E-state index contributed by atoms with van der Waals surface area (Å²) in [5.41, 5.74) is 3.40. The molecule has 3 rings (SSSR count). The first-order chi connectivity index (χ1) is 14.3. The second-order valence-corrected chi connectivity index (χ2v) is 10.2. The van der Waals surface area contributed by atoms with Crippen LogP contribution in [-0.2, 0) is 29.5 Å². The fourth-order valence-corrected chi connectivity index (χ4v) is 3.46. The smallest absolute Gasteiger partial charge is 0.330 e. The van der Waals surface area contributed by atoms with Crippen molar-refractivity contribution in [2.75, 3.05) is 0 Å². The number of fused-ring (bicyclic) bond motifs is 1. The predicted octanol–water partition coefficient (Wildman–Crippen LogP) is 4.12. The number of ether oxygens (including phenoxy) is 1. The summed E-state index contributed by atoms with van der Waals surface area (Å²) < 4.78 is 8.74. The quantitative estimate of drug-likeness (QED) is 0.576. The van der Waals surface area contributed by atoms with E-state index in [2.05, 4.69) is 25.8 Å². The van der Waals surface area contributed by atoms with Gasteiger partial charge in [-0.05, 0) is 56.4 Å². The second-order valence-electron chi connectivity index (χ2n) is 10.2. The number of carbonyl (C=O) groups excluding carboxylic acids is 1. The van der Waals surface area contributed by atoms with E-state index in [1.807, 2.05) is 39.0 Å². The molecule has 0 aromatic carbocycles. The van der Waals surface area contributed by atoms with Gasteiger partial charge in [-0.1, -0.05) is 20.8 Å². The molecule has 3 heterocycles. The summed E-state index contributed by atoms with van der Waals surface area (Å²) in [5, 5.41) is 0. The summed E-state index contributed by atoms with van der Waals surface area (Å²) >= 11 is 0. The molecule has 0 amide bonds. The van der Waals surface area contributed by atoms with E-state index in [-0.39, 0.29) is 17.1 Å². The SMILES string of the molecule is Cn1c(=O)n(CC(C)(C)C)c2ccc(-c3cncc(CCC(=O)OC(C)(C)C)c3)nc21. The first-order valence-corrected chi connectivity index (χ1v) is 10.6. The molecule has 0 N–H and O–H groups in total. The van der Waals surface area contributed by atoms with Crippen LogP contribution in [0.15, 0.2) is 35.4 Å². The first kappa shape index (κ1) is 22.7. The predicted molar refractivity (Wildman–Crippen MR) is 122 cm³/mol. The van der Waals surface area contributed by atoms with E-state index in [0.29, 0.717) is 25.0 Å². The van der Waals surface area contributed by atoms with Gasteiger partial charge in [0.1, 0.15) is 5.60 Å². The van der Waals surface area contributed by atoms with Crippen LogP contribution in [0.5, 0.6) is 0 Å². The lowest BCUT2D eigenvalue weighted by molar-refractivity contribution is -0.154. The lowest BCUT2D eigenvalue weighted by Crippen LogP contribution is -2.27. The highest BCUT2D eigenvalue weighted by atomic mass is 16.6. The summed E-state index contributed by atoms with van der Waals surface area (Å²) in [7, 11) is 1.75. The van der Waals surface area contributed by atoms with Gasteiger partial charge >= 0.3 is 11.7 Å². The molecule has 0 spiro atoms. The zero-order valence-electron chi connectivity index (χ0n) is 19.5. The minimum atomic E-state index is -0.490. The van der Waals surface area contributed by atoms with E-state index >= 15 is 0 Å². The normalized spacial score (nSPS) is 12.4. The highest BCUT2D eigenvalue weighted by Gasteiger charge is 2.19. The Hall–Kier alpha value is -2.96. The molecule has 0 atom stereocenters. The van der Waals surface area contributed by atoms with Crippen molar-refractivity contribution in [2.45, 2.75) is 66.5 Å². The van der Waals surface area contributed by atoms with E-state index in [1.54, 1.807) is 28.6 Å². The topological polar surface area (TPSA) is 79.0 Å². The van der Waals surface area contributed by atoms with Crippen molar-refractivity contribution in [3.05, 3.63) is 46.6 Å². The fourth-order valence-electron chi connectivity index (χ4n) is 3.46. The van der Waals surface area contributed by atoms with E-state index in [9.17, 15) is 9.59 Å². The van der Waals surface area contributed by atoms with Crippen molar-refractivity contribution in [2.24, 2.45) is 12.5 Å². The number of aromatic nitrogens is 4. The zero-order chi connectivity index (χ0) is 23.0. The monoisotopic (exact) mass is 424 g/mol. The minimum Gasteiger partial charge on any atom is -0.460 e. The fraction of sp³-hybridized carbons (Fsp3) is 0.500. The lowest BCUT2D eigenvalue weighted by Gasteiger charge is -2.19. The molecule has 3 aromatic heterocycles. The van der Waals surface area contributed by atoms with Gasteiger partial charge in [0.25, 0.3) is 0 Å². The Labute approximate surface area is 183 Å². The summed E-state index contributed by atoms with van der Waals surface area (Å²) in [6, 6.07) is 5.84. The number of esters is 1. The highest BCUT2D eigenvalue weighted by Crippen LogP contribution is 2.23.